The largest absolute Gasteiger partial charge is 0.497 e. The molecule has 2 atom stereocenters. The number of nitrogens with zero attached hydrogens (tertiary/aromatic N) is 3. The second-order valence-corrected chi connectivity index (χ2v) is 10.4. The molecule has 0 spiro atoms. The maximum absolute atomic E-state index is 13.0. The predicted octanol–water partition coefficient (Wildman–Crippen LogP) is 3.18. The van der Waals surface area contributed by atoms with Crippen molar-refractivity contribution in [2.45, 2.75) is 25.2 Å². The summed E-state index contributed by atoms with van der Waals surface area (Å²) in [6.45, 7) is 1.63. The number of amides is 3. The lowest BCUT2D eigenvalue weighted by Gasteiger charge is -2.28. The molecule has 44 heavy (non-hydrogen) atoms. The number of nitrogens with one attached hydrogen (secondary N) is 2. The number of pyridine rings is 2. The van der Waals surface area contributed by atoms with Gasteiger partial charge in [-0.2, -0.15) is 0 Å². The summed E-state index contributed by atoms with van der Waals surface area (Å²) >= 11 is 0. The molecule has 11 nitrogen and oxygen atoms in total. The van der Waals surface area contributed by atoms with E-state index >= 15 is 0 Å². The lowest BCUT2D eigenvalue weighted by Crippen LogP contribution is -2.54. The summed E-state index contributed by atoms with van der Waals surface area (Å²) in [6, 6.07) is 18.9. The Bertz CT molecular complexity index is 1830. The van der Waals surface area contributed by atoms with Gasteiger partial charge in [-0.25, -0.2) is 9.78 Å². The van der Waals surface area contributed by atoms with Crippen LogP contribution in [-0.4, -0.2) is 57.1 Å². The SMILES string of the molecule is COc1ccc2c(c1)C(O)N(CC1(C#Cc3ccc(-c4nc(-c5cccnc5)ccc4OC(C)=O)cc3)NC(=O)NC1=O)C2. The number of imide groups is 1. The van der Waals surface area contributed by atoms with Crippen molar-refractivity contribution in [2.75, 3.05) is 13.7 Å². The Hall–Kier alpha value is -5.57. The Kier molecular flexibility index (Phi) is 7.53. The Morgan fingerprint density at radius 3 is 2.61 bits per heavy atom. The number of benzene rings is 2. The molecule has 3 amide bonds. The Morgan fingerprint density at radius 2 is 1.93 bits per heavy atom. The number of rotatable bonds is 6. The van der Waals surface area contributed by atoms with Gasteiger partial charge in [0.1, 0.15) is 17.7 Å². The number of esters is 1. The number of methoxy groups -OCH3 is 1. The number of hydrogen-bond donors (Lipinski definition) is 3. The van der Waals surface area contributed by atoms with Crippen molar-refractivity contribution in [2.24, 2.45) is 0 Å². The van der Waals surface area contributed by atoms with Gasteiger partial charge in [-0.05, 0) is 54.1 Å². The zero-order chi connectivity index (χ0) is 30.8. The van der Waals surface area contributed by atoms with Crippen LogP contribution in [0.3, 0.4) is 0 Å². The van der Waals surface area contributed by atoms with E-state index < -0.39 is 29.7 Å². The van der Waals surface area contributed by atoms with E-state index in [9.17, 15) is 19.5 Å². The van der Waals surface area contributed by atoms with E-state index in [0.717, 1.165) is 11.1 Å². The molecule has 3 N–H and O–H groups in total. The monoisotopic (exact) mass is 589 g/mol. The number of urea groups is 1. The van der Waals surface area contributed by atoms with Gasteiger partial charge in [0.2, 0.25) is 0 Å². The number of ether oxygens (including phenoxy) is 2. The molecule has 0 radical (unpaired) electrons. The van der Waals surface area contributed by atoms with Gasteiger partial charge in [0, 0.05) is 54.7 Å². The highest BCUT2D eigenvalue weighted by molar-refractivity contribution is 6.09. The summed E-state index contributed by atoms with van der Waals surface area (Å²) in [6.07, 6.45) is 2.36. The number of fused-ring (bicyclic) bond motifs is 1. The molecule has 4 heterocycles. The van der Waals surface area contributed by atoms with Crippen molar-refractivity contribution in [1.82, 2.24) is 25.5 Å². The van der Waals surface area contributed by atoms with Crippen molar-refractivity contribution in [3.8, 4) is 45.9 Å². The smallest absolute Gasteiger partial charge is 0.323 e. The van der Waals surface area contributed by atoms with Crippen molar-refractivity contribution >= 4 is 17.9 Å². The van der Waals surface area contributed by atoms with Crippen LogP contribution in [0.2, 0.25) is 0 Å². The Balaban J connectivity index is 1.28. The van der Waals surface area contributed by atoms with Gasteiger partial charge in [0.25, 0.3) is 5.91 Å². The third-order valence-corrected chi connectivity index (χ3v) is 7.38. The van der Waals surface area contributed by atoms with Crippen LogP contribution in [0.25, 0.3) is 22.5 Å². The van der Waals surface area contributed by atoms with E-state index in [0.29, 0.717) is 46.1 Å². The van der Waals surface area contributed by atoms with E-state index in [4.69, 9.17) is 14.5 Å². The quantitative estimate of drug-likeness (QED) is 0.176. The number of aliphatic hydroxyl groups excluding tert-OH is 1. The normalized spacial score (nSPS) is 18.9. The van der Waals surface area contributed by atoms with E-state index in [2.05, 4.69) is 27.5 Å². The minimum absolute atomic E-state index is 0.0510. The molecule has 11 heteroatoms. The lowest BCUT2D eigenvalue weighted by atomic mass is 9.98. The summed E-state index contributed by atoms with van der Waals surface area (Å²) < 4.78 is 10.7. The van der Waals surface area contributed by atoms with Crippen molar-refractivity contribution in [3.63, 3.8) is 0 Å². The van der Waals surface area contributed by atoms with Crippen LogP contribution in [0, 0.1) is 11.8 Å². The van der Waals surface area contributed by atoms with Gasteiger partial charge in [0.15, 0.2) is 11.3 Å². The molecule has 6 rings (SSSR count). The van der Waals surface area contributed by atoms with Gasteiger partial charge in [-0.15, -0.1) is 0 Å². The highest BCUT2D eigenvalue weighted by Crippen LogP contribution is 2.36. The molecule has 2 aromatic carbocycles. The number of carbonyl (C=O) groups excluding carboxylic acids is 3. The zero-order valence-electron chi connectivity index (χ0n) is 23.8. The average molecular weight is 590 g/mol. The molecule has 2 aliphatic heterocycles. The summed E-state index contributed by atoms with van der Waals surface area (Å²) in [4.78, 5) is 47.6. The van der Waals surface area contributed by atoms with Crippen molar-refractivity contribution < 1.29 is 29.0 Å². The first-order chi connectivity index (χ1) is 21.2. The fraction of sp³-hybridized carbons (Fsp3) is 0.182. The topological polar surface area (TPSA) is 143 Å². The van der Waals surface area contributed by atoms with E-state index in [1.165, 1.54) is 6.92 Å². The standard InChI is InChI=1S/C33H27N5O6/c1-20(39)44-28-12-11-27(23-4-3-15-34-17-23)35-29(28)22-7-5-21(6-8-22)13-14-33(31(41)36-32(42)37-33)19-38-18-24-9-10-25(43-2)16-26(24)30(38)40/h3-12,15-17,30,40H,18-19H2,1-2H3,(H2,36,37,41,42). The van der Waals surface area contributed by atoms with Crippen molar-refractivity contribution in [1.29, 1.82) is 0 Å². The van der Waals surface area contributed by atoms with Crippen LogP contribution in [0.5, 0.6) is 11.5 Å². The molecule has 0 bridgehead atoms. The number of hydrogen-bond acceptors (Lipinski definition) is 9. The minimum atomic E-state index is -1.59. The number of aromatic nitrogens is 2. The molecule has 0 aliphatic carbocycles. The highest BCUT2D eigenvalue weighted by atomic mass is 16.5. The molecule has 2 aliphatic rings. The maximum atomic E-state index is 13.0. The van der Waals surface area contributed by atoms with Crippen LogP contribution in [0.4, 0.5) is 4.79 Å². The summed E-state index contributed by atoms with van der Waals surface area (Å²) in [5.41, 5.74) is 3.12. The summed E-state index contributed by atoms with van der Waals surface area (Å²) in [7, 11) is 1.55. The molecular formula is C33H27N5O6. The molecule has 0 saturated carbocycles. The summed E-state index contributed by atoms with van der Waals surface area (Å²) in [5.74, 6) is 5.78. The molecule has 220 valence electrons. The van der Waals surface area contributed by atoms with Crippen LogP contribution in [0.15, 0.2) is 79.1 Å². The van der Waals surface area contributed by atoms with Gasteiger partial charge in [0.05, 0.1) is 12.8 Å². The molecular weight excluding hydrogens is 562 g/mol. The number of carbonyl (C=O) groups is 3. The first-order valence-electron chi connectivity index (χ1n) is 13.7. The Labute approximate surface area is 252 Å². The minimum Gasteiger partial charge on any atom is -0.497 e. The van der Waals surface area contributed by atoms with E-state index in [1.54, 1.807) is 72.9 Å². The second kappa shape index (κ2) is 11.6. The first-order valence-corrected chi connectivity index (χ1v) is 13.7. The fourth-order valence-corrected chi connectivity index (χ4v) is 5.22. The summed E-state index contributed by atoms with van der Waals surface area (Å²) in [5, 5.41) is 15.9. The van der Waals surface area contributed by atoms with Gasteiger partial charge in [-0.3, -0.25) is 24.8 Å². The number of aliphatic hydroxyl groups is 1. The van der Waals surface area contributed by atoms with E-state index in [-0.39, 0.29) is 6.54 Å². The predicted molar refractivity (Wildman–Crippen MR) is 159 cm³/mol. The molecule has 1 saturated heterocycles. The lowest BCUT2D eigenvalue weighted by molar-refractivity contribution is -0.131. The molecule has 1 fully saturated rings. The first kappa shape index (κ1) is 28.5. The third kappa shape index (κ3) is 5.59. The van der Waals surface area contributed by atoms with Crippen LogP contribution in [0.1, 0.15) is 29.8 Å². The fourth-order valence-electron chi connectivity index (χ4n) is 5.22. The van der Waals surface area contributed by atoms with Crippen LogP contribution >= 0.6 is 0 Å². The van der Waals surface area contributed by atoms with E-state index in [1.807, 2.05) is 18.2 Å². The van der Waals surface area contributed by atoms with Gasteiger partial charge in [-0.1, -0.05) is 30.0 Å². The molecule has 2 unspecified atom stereocenters. The molecule has 2 aromatic heterocycles. The zero-order valence-corrected chi connectivity index (χ0v) is 23.8. The maximum Gasteiger partial charge on any atom is 0.323 e. The van der Waals surface area contributed by atoms with Crippen molar-refractivity contribution in [3.05, 3.63) is 95.8 Å². The van der Waals surface area contributed by atoms with Crippen LogP contribution in [-0.2, 0) is 16.1 Å². The van der Waals surface area contributed by atoms with Gasteiger partial charge >= 0.3 is 12.0 Å². The van der Waals surface area contributed by atoms with Gasteiger partial charge < -0.3 is 19.9 Å². The van der Waals surface area contributed by atoms with Crippen LogP contribution < -0.4 is 20.1 Å². The third-order valence-electron chi connectivity index (χ3n) is 7.38. The second-order valence-electron chi connectivity index (χ2n) is 10.4. The average Bonchev–Trinajstić information content (AvgIpc) is 3.49. The Morgan fingerprint density at radius 1 is 1.11 bits per heavy atom. The molecule has 4 aromatic rings. The highest BCUT2D eigenvalue weighted by Gasteiger charge is 2.48.